The number of hydrogen-bond acceptors (Lipinski definition) is 4. The molecule has 1 aromatic heterocycles. The molecule has 1 amide bonds. The van der Waals surface area contributed by atoms with E-state index in [0.29, 0.717) is 24.8 Å². The van der Waals surface area contributed by atoms with Crippen LogP contribution in [-0.4, -0.2) is 53.3 Å². The molecular formula is C27H39N3O3. The second-order valence-corrected chi connectivity index (χ2v) is 11.0. The maximum atomic E-state index is 13.6. The molecule has 0 saturated carbocycles. The number of aromatic nitrogens is 2. The van der Waals surface area contributed by atoms with Crippen molar-refractivity contribution in [1.82, 2.24) is 14.5 Å². The fraction of sp³-hybridized carbons (Fsp3) is 0.630. The van der Waals surface area contributed by atoms with Gasteiger partial charge < -0.3 is 14.4 Å². The predicted octanol–water partition coefficient (Wildman–Crippen LogP) is 4.69. The van der Waals surface area contributed by atoms with E-state index in [-0.39, 0.29) is 17.4 Å². The highest BCUT2D eigenvalue weighted by atomic mass is 16.5. The number of rotatable bonds is 6. The number of carbonyl (C=O) groups excluding carboxylic acids is 1. The summed E-state index contributed by atoms with van der Waals surface area (Å²) in [4.78, 5) is 20.4. The molecule has 6 heteroatoms. The smallest absolute Gasteiger partial charge is 0.274 e. The van der Waals surface area contributed by atoms with Crippen molar-refractivity contribution in [3.8, 4) is 5.69 Å². The van der Waals surface area contributed by atoms with Crippen LogP contribution in [0.25, 0.3) is 5.69 Å². The van der Waals surface area contributed by atoms with Crippen molar-refractivity contribution in [2.24, 2.45) is 5.92 Å². The standard InChI is InChI=1S/C27H39N3O3/c1-17(2)12-20-14-23-18(13-21(20)15-32-7)8-9-22-24(26(31)29(6)27(3,4)5)28-25(30(22)23)19-10-11-33-16-19/h13-14,17,19H,8-12,15-16H2,1-7H3. The summed E-state index contributed by atoms with van der Waals surface area (Å²) in [5, 5.41) is 0. The lowest BCUT2D eigenvalue weighted by Gasteiger charge is -2.32. The zero-order valence-corrected chi connectivity index (χ0v) is 21.3. The van der Waals surface area contributed by atoms with Gasteiger partial charge in [0.15, 0.2) is 0 Å². The third kappa shape index (κ3) is 4.60. The summed E-state index contributed by atoms with van der Waals surface area (Å²) in [6.07, 6.45) is 3.65. The van der Waals surface area contributed by atoms with Gasteiger partial charge >= 0.3 is 0 Å². The van der Waals surface area contributed by atoms with Gasteiger partial charge in [-0.25, -0.2) is 4.98 Å². The Hall–Kier alpha value is -2.18. The highest BCUT2D eigenvalue weighted by Gasteiger charge is 2.35. The fourth-order valence-electron chi connectivity index (χ4n) is 4.93. The zero-order valence-electron chi connectivity index (χ0n) is 21.3. The molecule has 4 rings (SSSR count). The summed E-state index contributed by atoms with van der Waals surface area (Å²) < 4.78 is 13.5. The minimum atomic E-state index is -0.268. The van der Waals surface area contributed by atoms with Gasteiger partial charge in [-0.2, -0.15) is 0 Å². The van der Waals surface area contributed by atoms with Crippen LogP contribution in [0.3, 0.4) is 0 Å². The molecule has 1 atom stereocenters. The fourth-order valence-corrected chi connectivity index (χ4v) is 4.93. The minimum Gasteiger partial charge on any atom is -0.381 e. The van der Waals surface area contributed by atoms with Gasteiger partial charge in [0.1, 0.15) is 11.5 Å². The van der Waals surface area contributed by atoms with Crippen molar-refractivity contribution < 1.29 is 14.3 Å². The molecule has 1 unspecified atom stereocenters. The maximum absolute atomic E-state index is 13.6. The van der Waals surface area contributed by atoms with Gasteiger partial charge in [-0.15, -0.1) is 0 Å². The van der Waals surface area contributed by atoms with Crippen LogP contribution in [0.15, 0.2) is 12.1 Å². The first-order valence-corrected chi connectivity index (χ1v) is 12.2. The van der Waals surface area contributed by atoms with E-state index in [4.69, 9.17) is 14.5 Å². The number of imidazole rings is 1. The van der Waals surface area contributed by atoms with Crippen molar-refractivity contribution in [1.29, 1.82) is 0 Å². The van der Waals surface area contributed by atoms with E-state index in [1.54, 1.807) is 7.11 Å². The molecule has 3 heterocycles. The molecule has 1 aromatic carbocycles. The van der Waals surface area contributed by atoms with Crippen molar-refractivity contribution >= 4 is 5.91 Å². The quantitative estimate of drug-likeness (QED) is 0.637. The third-order valence-corrected chi connectivity index (χ3v) is 7.01. The molecule has 0 N–H and O–H groups in total. The lowest BCUT2D eigenvalue weighted by Crippen LogP contribution is -2.43. The van der Waals surface area contributed by atoms with Gasteiger partial charge in [-0.1, -0.05) is 19.9 Å². The van der Waals surface area contributed by atoms with Crippen molar-refractivity contribution in [2.45, 2.75) is 78.4 Å². The summed E-state index contributed by atoms with van der Waals surface area (Å²) in [5.74, 6) is 1.73. The van der Waals surface area contributed by atoms with E-state index >= 15 is 0 Å². The molecule has 0 aliphatic carbocycles. The Kier molecular flexibility index (Phi) is 6.70. The number of benzene rings is 1. The van der Waals surface area contributed by atoms with E-state index in [0.717, 1.165) is 43.8 Å². The molecule has 6 nitrogen and oxygen atoms in total. The van der Waals surface area contributed by atoms with Crippen molar-refractivity contribution in [3.63, 3.8) is 0 Å². The van der Waals surface area contributed by atoms with Gasteiger partial charge in [0.2, 0.25) is 0 Å². The topological polar surface area (TPSA) is 56.6 Å². The predicted molar refractivity (Wildman–Crippen MR) is 130 cm³/mol. The van der Waals surface area contributed by atoms with Crippen LogP contribution in [0, 0.1) is 5.92 Å². The van der Waals surface area contributed by atoms with E-state index in [1.165, 1.54) is 22.4 Å². The van der Waals surface area contributed by atoms with E-state index in [9.17, 15) is 4.79 Å². The molecule has 0 spiro atoms. The summed E-state index contributed by atoms with van der Waals surface area (Å²) >= 11 is 0. The Balaban J connectivity index is 1.89. The number of aryl methyl sites for hydroxylation is 1. The molecule has 2 aliphatic rings. The van der Waals surface area contributed by atoms with E-state index in [2.05, 4.69) is 51.3 Å². The van der Waals surface area contributed by atoms with Crippen molar-refractivity contribution in [2.75, 3.05) is 27.4 Å². The minimum absolute atomic E-state index is 0.00160. The highest BCUT2D eigenvalue weighted by Crippen LogP contribution is 2.37. The SMILES string of the molecule is COCc1cc2c(cc1CC(C)C)-n1c(C3CCOC3)nc(C(=O)N(C)C(C)(C)C)c1CC2. The average molecular weight is 454 g/mol. The Morgan fingerprint density at radius 1 is 1.27 bits per heavy atom. The molecule has 1 fully saturated rings. The normalized spacial score (nSPS) is 17.9. The number of methoxy groups -OCH3 is 1. The molecule has 0 radical (unpaired) electrons. The van der Waals surface area contributed by atoms with Crippen LogP contribution in [0.4, 0.5) is 0 Å². The van der Waals surface area contributed by atoms with Crippen LogP contribution in [0.1, 0.15) is 85.7 Å². The first-order chi connectivity index (χ1) is 15.6. The number of fused-ring (bicyclic) bond motifs is 3. The van der Waals surface area contributed by atoms with Gasteiger partial charge in [0.05, 0.1) is 24.6 Å². The molecule has 33 heavy (non-hydrogen) atoms. The monoisotopic (exact) mass is 453 g/mol. The Labute approximate surface area is 198 Å². The summed E-state index contributed by atoms with van der Waals surface area (Å²) in [6, 6.07) is 4.65. The van der Waals surface area contributed by atoms with Gasteiger partial charge in [-0.05, 0) is 75.1 Å². The van der Waals surface area contributed by atoms with E-state index < -0.39 is 0 Å². The second kappa shape index (κ2) is 9.22. The van der Waals surface area contributed by atoms with Gasteiger partial charge in [0, 0.05) is 32.2 Å². The van der Waals surface area contributed by atoms with E-state index in [1.807, 2.05) is 11.9 Å². The number of amides is 1. The largest absolute Gasteiger partial charge is 0.381 e. The molecule has 180 valence electrons. The summed E-state index contributed by atoms with van der Waals surface area (Å²) in [7, 11) is 3.63. The highest BCUT2D eigenvalue weighted by molar-refractivity contribution is 5.94. The van der Waals surface area contributed by atoms with Crippen LogP contribution < -0.4 is 0 Å². The summed E-state index contributed by atoms with van der Waals surface area (Å²) in [5.41, 5.74) is 6.45. The number of hydrogen-bond donors (Lipinski definition) is 0. The Bertz CT molecular complexity index is 1030. The first kappa shape index (κ1) is 24.0. The molecule has 2 aromatic rings. The maximum Gasteiger partial charge on any atom is 0.274 e. The Morgan fingerprint density at radius 3 is 2.64 bits per heavy atom. The van der Waals surface area contributed by atoms with Crippen LogP contribution in [0.5, 0.6) is 0 Å². The average Bonchev–Trinajstić information content (AvgIpc) is 3.40. The van der Waals surface area contributed by atoms with Gasteiger partial charge in [0.25, 0.3) is 5.91 Å². The number of nitrogens with zero attached hydrogens (tertiary/aromatic N) is 3. The van der Waals surface area contributed by atoms with Crippen LogP contribution >= 0.6 is 0 Å². The number of carbonyl (C=O) groups is 1. The van der Waals surface area contributed by atoms with Crippen molar-refractivity contribution in [3.05, 3.63) is 46.0 Å². The lowest BCUT2D eigenvalue weighted by atomic mass is 9.91. The first-order valence-electron chi connectivity index (χ1n) is 12.2. The van der Waals surface area contributed by atoms with Crippen LogP contribution in [-0.2, 0) is 35.3 Å². The van der Waals surface area contributed by atoms with Crippen LogP contribution in [0.2, 0.25) is 0 Å². The molecule has 1 saturated heterocycles. The summed E-state index contributed by atoms with van der Waals surface area (Å²) in [6.45, 7) is 12.7. The van der Waals surface area contributed by atoms with Gasteiger partial charge in [-0.3, -0.25) is 9.36 Å². The molecule has 0 bridgehead atoms. The molecule has 2 aliphatic heterocycles. The molecular weight excluding hydrogens is 414 g/mol. The third-order valence-electron chi connectivity index (χ3n) is 7.01. The zero-order chi connectivity index (χ0) is 23.9. The lowest BCUT2D eigenvalue weighted by molar-refractivity contribution is 0.0648. The Morgan fingerprint density at radius 2 is 2.03 bits per heavy atom. The second-order valence-electron chi connectivity index (χ2n) is 11.0. The number of ether oxygens (including phenoxy) is 2.